The lowest BCUT2D eigenvalue weighted by atomic mass is 10.0. The normalized spacial score (nSPS) is 12.2. The number of methoxy groups -OCH3 is 1. The Morgan fingerprint density at radius 3 is 2.71 bits per heavy atom. The van der Waals surface area contributed by atoms with Crippen LogP contribution in [0.2, 0.25) is 10.0 Å². The van der Waals surface area contributed by atoms with E-state index in [1.54, 1.807) is 13.2 Å². The fraction of sp³-hybridized carbons (Fsp3) is 0.533. The fourth-order valence-electron chi connectivity index (χ4n) is 2.00. The van der Waals surface area contributed by atoms with Gasteiger partial charge in [0.1, 0.15) is 0 Å². The Hall–Kier alpha value is -0.810. The summed E-state index contributed by atoms with van der Waals surface area (Å²) >= 11 is 12.1. The maximum atomic E-state index is 11.6. The molecule has 4 nitrogen and oxygen atoms in total. The van der Waals surface area contributed by atoms with Gasteiger partial charge in [-0.1, -0.05) is 36.2 Å². The van der Waals surface area contributed by atoms with E-state index in [0.29, 0.717) is 36.2 Å². The first-order valence-corrected chi connectivity index (χ1v) is 7.78. The van der Waals surface area contributed by atoms with E-state index in [4.69, 9.17) is 27.9 Å². The molecule has 1 unspecified atom stereocenters. The molecular weight excluding hydrogens is 311 g/mol. The standard InChI is InChI=1S/C15H22Cl2N2O2/c1-3-14(12-5-4-11(16)10-13(12)17)18-7-6-15(20)19-8-9-21-2/h4-5,10,14,18H,3,6-9H2,1-2H3,(H,19,20). The van der Waals surface area contributed by atoms with E-state index < -0.39 is 0 Å². The molecule has 1 amide bonds. The van der Waals surface area contributed by atoms with Gasteiger partial charge >= 0.3 is 0 Å². The Morgan fingerprint density at radius 2 is 2.10 bits per heavy atom. The molecule has 6 heteroatoms. The number of nitrogens with one attached hydrogen (secondary N) is 2. The molecule has 118 valence electrons. The molecule has 2 N–H and O–H groups in total. The average molecular weight is 333 g/mol. The van der Waals surface area contributed by atoms with Gasteiger partial charge in [-0.3, -0.25) is 4.79 Å². The van der Waals surface area contributed by atoms with Gasteiger partial charge in [-0.25, -0.2) is 0 Å². The SMILES string of the molecule is CCC(NCCC(=O)NCCOC)c1ccc(Cl)cc1Cl. The second kappa shape index (κ2) is 10.0. The summed E-state index contributed by atoms with van der Waals surface area (Å²) in [4.78, 5) is 11.6. The van der Waals surface area contributed by atoms with Crippen LogP contribution in [0.4, 0.5) is 0 Å². The number of rotatable bonds is 9. The largest absolute Gasteiger partial charge is 0.383 e. The molecule has 0 bridgehead atoms. The van der Waals surface area contributed by atoms with Crippen molar-refractivity contribution in [2.75, 3.05) is 26.8 Å². The number of halogens is 2. The van der Waals surface area contributed by atoms with Crippen LogP contribution in [0.3, 0.4) is 0 Å². The van der Waals surface area contributed by atoms with Crippen molar-refractivity contribution in [3.05, 3.63) is 33.8 Å². The molecule has 0 aliphatic heterocycles. The van der Waals surface area contributed by atoms with Crippen LogP contribution in [-0.2, 0) is 9.53 Å². The van der Waals surface area contributed by atoms with Crippen LogP contribution < -0.4 is 10.6 Å². The Kier molecular flexibility index (Phi) is 8.69. The lowest BCUT2D eigenvalue weighted by Gasteiger charge is -2.18. The predicted molar refractivity (Wildman–Crippen MR) is 87.0 cm³/mol. The van der Waals surface area contributed by atoms with Gasteiger partial charge in [-0.15, -0.1) is 0 Å². The Balaban J connectivity index is 2.42. The third-order valence-corrected chi connectivity index (χ3v) is 3.68. The van der Waals surface area contributed by atoms with Gasteiger partial charge in [-0.2, -0.15) is 0 Å². The summed E-state index contributed by atoms with van der Waals surface area (Å²) in [7, 11) is 1.61. The third kappa shape index (κ3) is 6.66. The fourth-order valence-corrected chi connectivity index (χ4v) is 2.54. The summed E-state index contributed by atoms with van der Waals surface area (Å²) in [6.07, 6.45) is 1.30. The number of hydrogen-bond donors (Lipinski definition) is 2. The van der Waals surface area contributed by atoms with E-state index in [0.717, 1.165) is 12.0 Å². The quantitative estimate of drug-likeness (QED) is 0.683. The first kappa shape index (κ1) is 18.2. The molecule has 0 fully saturated rings. The van der Waals surface area contributed by atoms with Gasteiger partial charge < -0.3 is 15.4 Å². The molecule has 0 aliphatic carbocycles. The number of carbonyl (C=O) groups excluding carboxylic acids is 1. The zero-order chi connectivity index (χ0) is 15.7. The summed E-state index contributed by atoms with van der Waals surface area (Å²) in [5.41, 5.74) is 1.00. The van der Waals surface area contributed by atoms with E-state index in [9.17, 15) is 4.79 Å². The van der Waals surface area contributed by atoms with E-state index in [1.165, 1.54) is 0 Å². The molecule has 1 aromatic rings. The van der Waals surface area contributed by atoms with Crippen LogP contribution in [0.1, 0.15) is 31.4 Å². The van der Waals surface area contributed by atoms with Crippen molar-refractivity contribution >= 4 is 29.1 Å². The van der Waals surface area contributed by atoms with E-state index >= 15 is 0 Å². The number of ether oxygens (including phenoxy) is 1. The summed E-state index contributed by atoms with van der Waals surface area (Å²) in [5, 5.41) is 7.40. The van der Waals surface area contributed by atoms with Crippen LogP contribution in [0, 0.1) is 0 Å². The van der Waals surface area contributed by atoms with Gasteiger partial charge in [0.15, 0.2) is 0 Å². The Labute approximate surface area is 136 Å². The van der Waals surface area contributed by atoms with Crippen LogP contribution in [0.15, 0.2) is 18.2 Å². The molecule has 0 aromatic heterocycles. The molecule has 0 saturated carbocycles. The van der Waals surface area contributed by atoms with Gasteiger partial charge in [0.25, 0.3) is 0 Å². The zero-order valence-corrected chi connectivity index (χ0v) is 13.9. The van der Waals surface area contributed by atoms with E-state index in [-0.39, 0.29) is 11.9 Å². The van der Waals surface area contributed by atoms with Gasteiger partial charge in [0, 0.05) is 42.7 Å². The van der Waals surface area contributed by atoms with Crippen molar-refractivity contribution in [2.24, 2.45) is 0 Å². The number of amides is 1. The first-order valence-electron chi connectivity index (χ1n) is 7.02. The minimum atomic E-state index is 0.0107. The first-order chi connectivity index (χ1) is 10.1. The van der Waals surface area contributed by atoms with Crippen molar-refractivity contribution in [3.63, 3.8) is 0 Å². The highest BCUT2D eigenvalue weighted by Gasteiger charge is 2.13. The highest BCUT2D eigenvalue weighted by Crippen LogP contribution is 2.27. The minimum Gasteiger partial charge on any atom is -0.383 e. The molecule has 0 aliphatic rings. The summed E-state index contributed by atoms with van der Waals surface area (Å²) in [6.45, 7) is 3.73. The minimum absolute atomic E-state index is 0.0107. The highest BCUT2D eigenvalue weighted by molar-refractivity contribution is 6.35. The molecule has 0 heterocycles. The van der Waals surface area contributed by atoms with Gasteiger partial charge in [0.05, 0.1) is 6.61 Å². The average Bonchev–Trinajstić information content (AvgIpc) is 2.45. The molecule has 0 saturated heterocycles. The van der Waals surface area contributed by atoms with E-state index in [2.05, 4.69) is 17.6 Å². The van der Waals surface area contributed by atoms with Crippen LogP contribution >= 0.6 is 23.2 Å². The lowest BCUT2D eigenvalue weighted by Crippen LogP contribution is -2.31. The van der Waals surface area contributed by atoms with Crippen LogP contribution in [0.25, 0.3) is 0 Å². The number of carbonyl (C=O) groups is 1. The van der Waals surface area contributed by atoms with Crippen LogP contribution in [-0.4, -0.2) is 32.7 Å². The Morgan fingerprint density at radius 1 is 1.33 bits per heavy atom. The molecule has 0 radical (unpaired) electrons. The third-order valence-electron chi connectivity index (χ3n) is 3.12. The van der Waals surface area contributed by atoms with E-state index in [1.807, 2.05) is 12.1 Å². The molecule has 1 rings (SSSR count). The summed E-state index contributed by atoms with van der Waals surface area (Å²) in [5.74, 6) is 0.0107. The van der Waals surface area contributed by atoms with Gasteiger partial charge in [0.2, 0.25) is 5.91 Å². The summed E-state index contributed by atoms with van der Waals surface area (Å²) in [6, 6.07) is 5.59. The number of benzene rings is 1. The second-order valence-corrected chi connectivity index (χ2v) is 5.52. The number of hydrogen-bond acceptors (Lipinski definition) is 3. The molecule has 21 heavy (non-hydrogen) atoms. The van der Waals surface area contributed by atoms with Crippen molar-refractivity contribution in [2.45, 2.75) is 25.8 Å². The van der Waals surface area contributed by atoms with Gasteiger partial charge in [-0.05, 0) is 24.1 Å². The molecule has 1 atom stereocenters. The topological polar surface area (TPSA) is 50.4 Å². The second-order valence-electron chi connectivity index (χ2n) is 4.67. The molecular formula is C15H22Cl2N2O2. The molecule has 0 spiro atoms. The lowest BCUT2D eigenvalue weighted by molar-refractivity contribution is -0.121. The van der Waals surface area contributed by atoms with Crippen LogP contribution in [0.5, 0.6) is 0 Å². The van der Waals surface area contributed by atoms with Crippen molar-refractivity contribution in [3.8, 4) is 0 Å². The van der Waals surface area contributed by atoms with Crippen molar-refractivity contribution < 1.29 is 9.53 Å². The molecule has 1 aromatic carbocycles. The maximum Gasteiger partial charge on any atom is 0.221 e. The smallest absolute Gasteiger partial charge is 0.221 e. The monoisotopic (exact) mass is 332 g/mol. The van der Waals surface area contributed by atoms with Crippen molar-refractivity contribution in [1.82, 2.24) is 10.6 Å². The van der Waals surface area contributed by atoms with Crippen molar-refractivity contribution in [1.29, 1.82) is 0 Å². The highest BCUT2D eigenvalue weighted by atomic mass is 35.5. The maximum absolute atomic E-state index is 11.6. The summed E-state index contributed by atoms with van der Waals surface area (Å²) < 4.78 is 4.88. The zero-order valence-electron chi connectivity index (χ0n) is 12.4. The predicted octanol–water partition coefficient (Wildman–Crippen LogP) is 3.19. The Bertz CT molecular complexity index is 455.